The number of hydrogen-bond donors (Lipinski definition) is 4. The first kappa shape index (κ1) is 67.9. The van der Waals surface area contributed by atoms with Gasteiger partial charge in [-0.3, -0.25) is 13.8 Å². The van der Waals surface area contributed by atoms with Gasteiger partial charge in [0.25, 0.3) is 0 Å². The average Bonchev–Trinajstić information content (AvgIpc) is 3.31. The van der Waals surface area contributed by atoms with Crippen LogP contribution in [0, 0.1) is 0 Å². The van der Waals surface area contributed by atoms with Gasteiger partial charge in [0.2, 0.25) is 5.91 Å². The maximum absolute atomic E-state index is 13.0. The number of nitrogens with zero attached hydrogens (tertiary/aromatic N) is 1. The summed E-state index contributed by atoms with van der Waals surface area (Å²) in [5.74, 6) is -0.267. The Morgan fingerprint density at radius 1 is 0.493 bits per heavy atom. The fourth-order valence-electron chi connectivity index (χ4n) is 9.05. The number of phosphoric ester groups is 1. The molecule has 9 nitrogen and oxygen atoms in total. The number of likely N-dealkylation sites (N-methyl/N-ethyl adjacent to an activating group) is 1. The summed E-state index contributed by atoms with van der Waals surface area (Å²) in [4.78, 5) is 23.3. The molecular weight excluding hydrogens is 880 g/mol. The molecule has 4 atom stereocenters. The van der Waals surface area contributed by atoms with Crippen LogP contribution >= 0.6 is 7.82 Å². The third-order valence-corrected chi connectivity index (χ3v) is 14.8. The van der Waals surface area contributed by atoms with E-state index < -0.39 is 32.7 Å². The van der Waals surface area contributed by atoms with Crippen molar-refractivity contribution < 1.29 is 38.0 Å². The van der Waals surface area contributed by atoms with Gasteiger partial charge in [-0.25, -0.2) is 4.57 Å². The SMILES string of the molecule is CCCCC/C=C/CC/C=C/CCCC(O)C(O)C(COP(=O)(O)OCC[N+](C)(C)C)NC(=O)CCCCCCCCCCCCCCCCCCCCCCCCCCCCCCCCCCC. The molecule has 0 saturated carbocycles. The van der Waals surface area contributed by atoms with E-state index in [-0.39, 0.29) is 18.9 Å². The molecule has 4 N–H and O–H groups in total. The van der Waals surface area contributed by atoms with Gasteiger partial charge in [0.15, 0.2) is 0 Å². The van der Waals surface area contributed by atoms with Gasteiger partial charge < -0.3 is 24.9 Å². The van der Waals surface area contributed by atoms with Gasteiger partial charge in [-0.2, -0.15) is 0 Å². The molecule has 0 bridgehead atoms. The Morgan fingerprint density at radius 2 is 0.826 bits per heavy atom. The first-order valence-corrected chi connectivity index (χ1v) is 31.3. The summed E-state index contributed by atoms with van der Waals surface area (Å²) < 4.78 is 23.6. The van der Waals surface area contributed by atoms with Gasteiger partial charge >= 0.3 is 7.82 Å². The molecule has 0 spiro atoms. The lowest BCUT2D eigenvalue weighted by molar-refractivity contribution is -0.870. The Kier molecular flexibility index (Phi) is 49.7. The lowest BCUT2D eigenvalue weighted by atomic mass is 10.0. The minimum Gasteiger partial charge on any atom is -0.390 e. The molecule has 10 heteroatoms. The van der Waals surface area contributed by atoms with Crippen LogP contribution in [0.1, 0.15) is 290 Å². The van der Waals surface area contributed by atoms with Gasteiger partial charge in [0, 0.05) is 6.42 Å². The summed E-state index contributed by atoms with van der Waals surface area (Å²) in [7, 11) is 1.42. The van der Waals surface area contributed by atoms with E-state index in [9.17, 15) is 24.5 Å². The van der Waals surface area contributed by atoms with Crippen LogP contribution in [0.4, 0.5) is 0 Å². The number of quaternary nitrogens is 1. The van der Waals surface area contributed by atoms with E-state index in [1.807, 2.05) is 21.1 Å². The molecule has 1 amide bonds. The van der Waals surface area contributed by atoms with Crippen LogP contribution in [-0.2, 0) is 18.4 Å². The number of nitrogens with one attached hydrogen (secondary N) is 1. The summed E-state index contributed by atoms with van der Waals surface area (Å²) in [6.45, 7) is 4.58. The van der Waals surface area contributed by atoms with Gasteiger partial charge in [0.1, 0.15) is 19.3 Å². The van der Waals surface area contributed by atoms with E-state index in [0.29, 0.717) is 23.9 Å². The Bertz CT molecular complexity index is 1190. The number of rotatable bonds is 55. The molecule has 0 aliphatic rings. The largest absolute Gasteiger partial charge is 0.472 e. The molecule has 0 aromatic heterocycles. The van der Waals surface area contributed by atoms with Crippen LogP contribution in [-0.4, -0.2) is 84.6 Å². The molecule has 0 aliphatic carbocycles. The monoisotopic (exact) mass is 998 g/mol. The normalized spacial score (nSPS) is 14.5. The van der Waals surface area contributed by atoms with Gasteiger partial charge in [-0.15, -0.1) is 0 Å². The lowest BCUT2D eigenvalue weighted by Crippen LogP contribution is -2.51. The van der Waals surface area contributed by atoms with E-state index in [0.717, 1.165) is 44.9 Å². The van der Waals surface area contributed by atoms with Crippen molar-refractivity contribution in [1.29, 1.82) is 0 Å². The highest BCUT2D eigenvalue weighted by Crippen LogP contribution is 2.43. The summed E-state index contributed by atoms with van der Waals surface area (Å²) in [6, 6.07) is -1.05. The van der Waals surface area contributed by atoms with Crippen molar-refractivity contribution in [2.45, 2.75) is 308 Å². The smallest absolute Gasteiger partial charge is 0.390 e. The van der Waals surface area contributed by atoms with Crippen LogP contribution in [0.15, 0.2) is 24.3 Å². The number of aliphatic hydroxyl groups excluding tert-OH is 2. The minimum atomic E-state index is -4.43. The second-order valence-corrected chi connectivity index (χ2v) is 23.3. The summed E-state index contributed by atoms with van der Waals surface area (Å²) >= 11 is 0. The molecule has 0 fully saturated rings. The second kappa shape index (κ2) is 50.5. The zero-order valence-electron chi connectivity index (χ0n) is 46.4. The molecule has 69 heavy (non-hydrogen) atoms. The van der Waals surface area contributed by atoms with Crippen molar-refractivity contribution in [2.75, 3.05) is 40.9 Å². The zero-order valence-corrected chi connectivity index (χ0v) is 47.3. The Balaban J connectivity index is 4.03. The number of phosphoric acid groups is 1. The number of allylic oxidation sites excluding steroid dienone is 4. The molecular formula is C59H118N2O7P+. The minimum absolute atomic E-state index is 0.0158. The maximum atomic E-state index is 13.0. The van der Waals surface area contributed by atoms with Crippen molar-refractivity contribution in [3.63, 3.8) is 0 Å². The van der Waals surface area contributed by atoms with Crippen molar-refractivity contribution >= 4 is 13.7 Å². The van der Waals surface area contributed by atoms with Crippen LogP contribution in [0.2, 0.25) is 0 Å². The molecule has 4 unspecified atom stereocenters. The van der Waals surface area contributed by atoms with E-state index in [2.05, 4.69) is 43.5 Å². The Morgan fingerprint density at radius 3 is 1.20 bits per heavy atom. The Labute approximate surface area is 428 Å². The van der Waals surface area contributed by atoms with E-state index >= 15 is 0 Å². The standard InChI is InChI=1S/C59H117N2O7P/c1-6-8-10-12-14-16-18-20-21-22-23-24-25-26-27-28-29-30-31-32-33-34-35-36-37-38-39-40-42-44-46-48-50-52-58(63)60-56(55-68-69(65,66)67-54-53-61(3,4)5)59(64)57(62)51-49-47-45-43-41-19-17-15-13-11-9-7-2/h15,17,43,45,56-57,59,62,64H,6-14,16,18-42,44,46-55H2,1-5H3,(H-,60,63,65,66)/p+1/b17-15+,45-43+. The summed E-state index contributed by atoms with van der Waals surface area (Å²) in [6.07, 6.45) is 60.2. The predicted molar refractivity (Wildman–Crippen MR) is 297 cm³/mol. The van der Waals surface area contributed by atoms with Gasteiger partial charge in [-0.05, 0) is 51.4 Å². The van der Waals surface area contributed by atoms with Crippen molar-refractivity contribution in [3.8, 4) is 0 Å². The fraction of sp³-hybridized carbons (Fsp3) is 0.915. The number of amides is 1. The quantitative estimate of drug-likeness (QED) is 0.0207. The van der Waals surface area contributed by atoms with Gasteiger partial charge in [0.05, 0.1) is 39.9 Å². The number of carbonyl (C=O) groups excluding carboxylic acids is 1. The molecule has 0 radical (unpaired) electrons. The molecule has 0 aromatic carbocycles. The fourth-order valence-corrected chi connectivity index (χ4v) is 9.78. The maximum Gasteiger partial charge on any atom is 0.472 e. The third kappa shape index (κ3) is 51.6. The third-order valence-electron chi connectivity index (χ3n) is 13.8. The van der Waals surface area contributed by atoms with Crippen LogP contribution in [0.5, 0.6) is 0 Å². The predicted octanol–water partition coefficient (Wildman–Crippen LogP) is 17.0. The van der Waals surface area contributed by atoms with Crippen molar-refractivity contribution in [2.24, 2.45) is 0 Å². The van der Waals surface area contributed by atoms with Gasteiger partial charge in [-0.1, -0.05) is 256 Å². The molecule has 410 valence electrons. The zero-order chi connectivity index (χ0) is 50.8. The summed E-state index contributed by atoms with van der Waals surface area (Å²) in [5, 5.41) is 24.7. The molecule has 0 heterocycles. The number of unbranched alkanes of at least 4 members (excludes halogenated alkanes) is 37. The van der Waals surface area contributed by atoms with E-state index in [4.69, 9.17) is 9.05 Å². The van der Waals surface area contributed by atoms with Crippen molar-refractivity contribution in [1.82, 2.24) is 5.32 Å². The highest BCUT2D eigenvalue weighted by Gasteiger charge is 2.31. The first-order valence-electron chi connectivity index (χ1n) is 29.8. The molecule has 0 saturated heterocycles. The molecule has 0 aromatic rings. The average molecular weight is 999 g/mol. The molecule has 0 rings (SSSR count). The Hall–Kier alpha value is -1.06. The first-order chi connectivity index (χ1) is 33.4. The second-order valence-electron chi connectivity index (χ2n) is 21.9. The highest BCUT2D eigenvalue weighted by molar-refractivity contribution is 7.47. The topological polar surface area (TPSA) is 125 Å². The molecule has 0 aliphatic heterocycles. The van der Waals surface area contributed by atoms with E-state index in [1.165, 1.54) is 212 Å². The van der Waals surface area contributed by atoms with Crippen LogP contribution in [0.3, 0.4) is 0 Å². The number of carbonyl (C=O) groups is 1. The van der Waals surface area contributed by atoms with E-state index in [1.54, 1.807) is 0 Å². The summed E-state index contributed by atoms with van der Waals surface area (Å²) in [5.41, 5.74) is 0. The van der Waals surface area contributed by atoms with Crippen LogP contribution < -0.4 is 5.32 Å². The van der Waals surface area contributed by atoms with Crippen LogP contribution in [0.25, 0.3) is 0 Å². The lowest BCUT2D eigenvalue weighted by Gasteiger charge is -2.28. The number of hydrogen-bond acceptors (Lipinski definition) is 6. The highest BCUT2D eigenvalue weighted by atomic mass is 31.2. The number of aliphatic hydroxyl groups is 2. The van der Waals surface area contributed by atoms with Crippen molar-refractivity contribution in [3.05, 3.63) is 24.3 Å².